The molecule has 2 aromatic carbocycles. The monoisotopic (exact) mass is 445 g/mol. The summed E-state index contributed by atoms with van der Waals surface area (Å²) in [5, 5.41) is 8.96. The maximum Gasteiger partial charge on any atom is 0.415 e. The molecule has 0 N–H and O–H groups in total. The normalized spacial score (nSPS) is 14.1. The first kappa shape index (κ1) is 22.5. The van der Waals surface area contributed by atoms with Gasteiger partial charge in [0.15, 0.2) is 0 Å². The number of carbonyl (C=O) groups is 1. The van der Waals surface area contributed by atoms with Crippen molar-refractivity contribution in [1.82, 2.24) is 19.4 Å². The molecule has 0 saturated carbocycles. The van der Waals surface area contributed by atoms with Gasteiger partial charge in [0.25, 0.3) is 0 Å². The molecule has 1 aliphatic rings. The number of hydrogen-bond acceptors (Lipinski definition) is 6. The lowest BCUT2D eigenvalue weighted by atomic mass is 10.1. The first-order valence-corrected chi connectivity index (χ1v) is 10.9. The Morgan fingerprint density at radius 3 is 2.55 bits per heavy atom. The average molecular weight is 446 g/mol. The molecule has 0 atom stereocenters. The summed E-state index contributed by atoms with van der Waals surface area (Å²) in [7, 11) is 1.62. The summed E-state index contributed by atoms with van der Waals surface area (Å²) in [5.74, 6) is 0.540. The smallest absolute Gasteiger partial charge is 0.410 e. The molecule has 1 amide bonds. The maximum atomic E-state index is 12.7. The summed E-state index contributed by atoms with van der Waals surface area (Å²) in [6.45, 7) is 4.59. The number of nitriles is 1. The minimum atomic E-state index is -0.330. The van der Waals surface area contributed by atoms with Gasteiger partial charge in [-0.05, 0) is 23.8 Å². The molecule has 8 heteroatoms. The molecule has 1 aliphatic heterocycles. The van der Waals surface area contributed by atoms with E-state index in [1.54, 1.807) is 18.1 Å². The molecular formula is C25H27N5O3. The molecule has 0 bridgehead atoms. The van der Waals surface area contributed by atoms with Gasteiger partial charge in [-0.2, -0.15) is 5.26 Å². The molecule has 0 aliphatic carbocycles. The second kappa shape index (κ2) is 10.8. The second-order valence-electron chi connectivity index (χ2n) is 7.99. The number of hydrogen-bond donors (Lipinski definition) is 0. The zero-order chi connectivity index (χ0) is 23.0. The van der Waals surface area contributed by atoms with Crippen molar-refractivity contribution >= 4 is 6.09 Å². The number of imidazole rings is 1. The van der Waals surface area contributed by atoms with E-state index in [4.69, 9.17) is 14.7 Å². The van der Waals surface area contributed by atoms with Gasteiger partial charge in [0, 0.05) is 58.1 Å². The summed E-state index contributed by atoms with van der Waals surface area (Å²) < 4.78 is 12.9. The molecule has 1 aromatic heterocycles. The number of rotatable bonds is 7. The van der Waals surface area contributed by atoms with Crippen molar-refractivity contribution in [3.05, 3.63) is 83.4 Å². The van der Waals surface area contributed by atoms with Crippen molar-refractivity contribution in [3.8, 4) is 11.8 Å². The number of benzene rings is 2. The molecule has 1 saturated heterocycles. The van der Waals surface area contributed by atoms with E-state index in [2.05, 4.69) is 20.5 Å². The van der Waals surface area contributed by atoms with Crippen LogP contribution < -0.4 is 4.74 Å². The minimum Gasteiger partial charge on any atom is -0.410 e. The van der Waals surface area contributed by atoms with E-state index in [-0.39, 0.29) is 6.09 Å². The molecule has 33 heavy (non-hydrogen) atoms. The first-order chi connectivity index (χ1) is 16.2. The largest absolute Gasteiger partial charge is 0.415 e. The molecule has 3 aromatic rings. The number of para-hydroxylation sites is 1. The number of aromatic nitrogens is 2. The molecule has 170 valence electrons. The number of ether oxygens (including phenoxy) is 2. The summed E-state index contributed by atoms with van der Waals surface area (Å²) in [5.41, 5.74) is 3.74. The van der Waals surface area contributed by atoms with Crippen LogP contribution in [0, 0.1) is 11.3 Å². The Labute approximate surface area is 193 Å². The quantitative estimate of drug-likeness (QED) is 0.555. The SMILES string of the molecule is COCc1ccccc1OC(=O)N1CCN(Cc2cncn2Cc2ccc(C#N)cc2)CC1. The number of methoxy groups -OCH3 is 1. The first-order valence-electron chi connectivity index (χ1n) is 10.9. The van der Waals surface area contributed by atoms with Crippen LogP contribution in [0.4, 0.5) is 4.79 Å². The van der Waals surface area contributed by atoms with E-state index >= 15 is 0 Å². The van der Waals surface area contributed by atoms with Gasteiger partial charge in [-0.25, -0.2) is 9.78 Å². The standard InChI is InChI=1S/C25H27N5O3/c1-32-18-22-4-2-3-5-24(22)33-25(31)29-12-10-28(11-13-29)17-23-15-27-19-30(23)16-21-8-6-20(14-26)7-9-21/h2-9,15,19H,10-13,16-18H2,1H3. The van der Waals surface area contributed by atoms with Gasteiger partial charge < -0.3 is 18.9 Å². The van der Waals surface area contributed by atoms with Crippen LogP contribution in [0.5, 0.6) is 5.75 Å². The van der Waals surface area contributed by atoms with E-state index in [1.807, 2.05) is 55.0 Å². The van der Waals surface area contributed by atoms with Crippen LogP contribution in [-0.4, -0.2) is 58.7 Å². The van der Waals surface area contributed by atoms with Gasteiger partial charge in [-0.1, -0.05) is 30.3 Å². The maximum absolute atomic E-state index is 12.7. The fraction of sp³-hybridized carbons (Fsp3) is 0.320. The highest BCUT2D eigenvalue weighted by Gasteiger charge is 2.24. The van der Waals surface area contributed by atoms with Crippen LogP contribution in [0.1, 0.15) is 22.4 Å². The average Bonchev–Trinajstić information content (AvgIpc) is 3.27. The lowest BCUT2D eigenvalue weighted by Crippen LogP contribution is -2.49. The fourth-order valence-corrected chi connectivity index (χ4v) is 3.86. The van der Waals surface area contributed by atoms with Crippen LogP contribution >= 0.6 is 0 Å². The van der Waals surface area contributed by atoms with Gasteiger partial charge in [-0.3, -0.25) is 4.90 Å². The molecule has 8 nitrogen and oxygen atoms in total. The zero-order valence-corrected chi connectivity index (χ0v) is 18.7. The highest BCUT2D eigenvalue weighted by atomic mass is 16.6. The fourth-order valence-electron chi connectivity index (χ4n) is 3.86. The minimum absolute atomic E-state index is 0.330. The lowest BCUT2D eigenvalue weighted by Gasteiger charge is -2.34. The molecule has 0 radical (unpaired) electrons. The number of piperazine rings is 1. The lowest BCUT2D eigenvalue weighted by molar-refractivity contribution is 0.105. The Bertz CT molecular complexity index is 1110. The molecule has 1 fully saturated rings. The van der Waals surface area contributed by atoms with E-state index < -0.39 is 0 Å². The third-order valence-electron chi connectivity index (χ3n) is 5.72. The third-order valence-corrected chi connectivity index (χ3v) is 5.72. The number of carbonyl (C=O) groups excluding carboxylic acids is 1. The Morgan fingerprint density at radius 1 is 1.06 bits per heavy atom. The summed E-state index contributed by atoms with van der Waals surface area (Å²) in [6.07, 6.45) is 3.39. The van der Waals surface area contributed by atoms with Gasteiger partial charge >= 0.3 is 6.09 Å². The Hall–Kier alpha value is -3.67. The van der Waals surface area contributed by atoms with Crippen molar-refractivity contribution in [3.63, 3.8) is 0 Å². The van der Waals surface area contributed by atoms with Crippen LogP contribution in [0.25, 0.3) is 0 Å². The highest BCUT2D eigenvalue weighted by Crippen LogP contribution is 2.20. The van der Waals surface area contributed by atoms with Crippen LogP contribution in [-0.2, 0) is 24.4 Å². The topological polar surface area (TPSA) is 83.6 Å². The Morgan fingerprint density at radius 2 is 1.82 bits per heavy atom. The van der Waals surface area contributed by atoms with Crippen LogP contribution in [0.3, 0.4) is 0 Å². The third kappa shape index (κ3) is 5.77. The molecule has 4 rings (SSSR count). The van der Waals surface area contributed by atoms with E-state index in [1.165, 1.54) is 0 Å². The van der Waals surface area contributed by atoms with Crippen molar-refractivity contribution in [2.75, 3.05) is 33.3 Å². The summed E-state index contributed by atoms with van der Waals surface area (Å²) in [4.78, 5) is 21.0. The van der Waals surface area contributed by atoms with Crippen molar-refractivity contribution in [2.24, 2.45) is 0 Å². The Kier molecular flexibility index (Phi) is 7.35. The van der Waals surface area contributed by atoms with Crippen molar-refractivity contribution in [1.29, 1.82) is 5.26 Å². The van der Waals surface area contributed by atoms with E-state index in [0.29, 0.717) is 37.6 Å². The van der Waals surface area contributed by atoms with E-state index in [0.717, 1.165) is 36.5 Å². The van der Waals surface area contributed by atoms with Gasteiger partial charge in [0.2, 0.25) is 0 Å². The van der Waals surface area contributed by atoms with Crippen LogP contribution in [0.15, 0.2) is 61.1 Å². The second-order valence-corrected chi connectivity index (χ2v) is 7.99. The molecule has 0 unspecified atom stereocenters. The summed E-state index contributed by atoms with van der Waals surface area (Å²) >= 11 is 0. The van der Waals surface area contributed by atoms with Gasteiger partial charge in [0.05, 0.1) is 30.3 Å². The predicted molar refractivity (Wildman–Crippen MR) is 123 cm³/mol. The number of amides is 1. The van der Waals surface area contributed by atoms with E-state index in [9.17, 15) is 4.79 Å². The van der Waals surface area contributed by atoms with Gasteiger partial charge in [0.1, 0.15) is 5.75 Å². The van der Waals surface area contributed by atoms with Gasteiger partial charge in [-0.15, -0.1) is 0 Å². The summed E-state index contributed by atoms with van der Waals surface area (Å²) in [6, 6.07) is 17.2. The molecule has 2 heterocycles. The van der Waals surface area contributed by atoms with Crippen molar-refractivity contribution < 1.29 is 14.3 Å². The molecular weight excluding hydrogens is 418 g/mol. The highest BCUT2D eigenvalue weighted by molar-refractivity contribution is 5.71. The Balaban J connectivity index is 1.30. The zero-order valence-electron chi connectivity index (χ0n) is 18.7. The number of nitrogens with zero attached hydrogens (tertiary/aromatic N) is 5. The molecule has 0 spiro atoms. The van der Waals surface area contributed by atoms with Crippen LogP contribution in [0.2, 0.25) is 0 Å². The van der Waals surface area contributed by atoms with Crippen molar-refractivity contribution in [2.45, 2.75) is 19.7 Å². The predicted octanol–water partition coefficient (Wildman–Crippen LogP) is 3.27.